The summed E-state index contributed by atoms with van der Waals surface area (Å²) in [5.74, 6) is 0. The lowest BCUT2D eigenvalue weighted by atomic mass is 10.2. The fourth-order valence-corrected chi connectivity index (χ4v) is 6.14. The molecule has 0 atom stereocenters. The topological polar surface area (TPSA) is 23.0 Å². The summed E-state index contributed by atoms with van der Waals surface area (Å²) in [5, 5.41) is 7.78. The molecule has 0 aliphatic carbocycles. The standard InChI is InChI=1S/C14H13N.C13H11N.C12H8O.2C3H8.6C2H6/c1-2-15-13-9-5-3-7-11(13)12-8-4-6-10-14(12)15;1-14-12-8-4-2-6-10(12)11-7-3-5-9-13(11)14;1-3-7-11-9(5-1)10-6-2-4-8-12(10)13-11;2*1-3-2;6*1-2/h3-10H,2H2,1H3;2-9H,1H3;1-8H;2*3H2,1-2H3;6*1-2H3. The Hall–Kier alpha value is -5.28. The van der Waals surface area contributed by atoms with Crippen molar-refractivity contribution >= 4 is 65.6 Å². The first-order chi connectivity index (χ1) is 29.6. The minimum Gasteiger partial charge on any atom is -0.456 e. The first-order valence-electron chi connectivity index (χ1n) is 23.3. The molecule has 0 spiro atoms. The van der Waals surface area contributed by atoms with Gasteiger partial charge in [-0.25, -0.2) is 0 Å². The van der Waals surface area contributed by atoms with E-state index >= 15 is 0 Å². The summed E-state index contributed by atoms with van der Waals surface area (Å²) in [5.41, 5.74) is 7.19. The van der Waals surface area contributed by atoms with Gasteiger partial charge in [0.05, 0.1) is 0 Å². The third-order valence-corrected chi connectivity index (χ3v) is 8.10. The van der Waals surface area contributed by atoms with E-state index in [-0.39, 0.29) is 0 Å². The molecule has 9 aromatic rings. The van der Waals surface area contributed by atoms with Crippen LogP contribution < -0.4 is 0 Å². The van der Waals surface area contributed by atoms with Crippen molar-refractivity contribution in [2.24, 2.45) is 7.05 Å². The average Bonchev–Trinajstić information content (AvgIpc) is 3.99. The largest absolute Gasteiger partial charge is 0.456 e. The van der Waals surface area contributed by atoms with Crippen molar-refractivity contribution in [3.63, 3.8) is 0 Å². The van der Waals surface area contributed by atoms with Crippen LogP contribution in [0.3, 0.4) is 0 Å². The fraction of sp³-hybridized carbons (Fsp3) is 0.368. The number of nitrogens with zero attached hydrogens (tertiary/aromatic N) is 2. The minimum absolute atomic E-state index is 0.962. The van der Waals surface area contributed by atoms with E-state index in [2.05, 4.69) is 160 Å². The lowest BCUT2D eigenvalue weighted by Crippen LogP contribution is -1.91. The Morgan fingerprint density at radius 3 is 0.817 bits per heavy atom. The number of aromatic nitrogens is 2. The molecule has 60 heavy (non-hydrogen) atoms. The predicted octanol–water partition coefficient (Wildman–Crippen LogP) is 19.7. The van der Waals surface area contributed by atoms with Crippen molar-refractivity contribution < 1.29 is 4.42 Å². The van der Waals surface area contributed by atoms with Crippen molar-refractivity contribution in [2.45, 2.75) is 137 Å². The van der Waals surface area contributed by atoms with Gasteiger partial charge in [-0.3, -0.25) is 0 Å². The molecular weight excluding hydrogens is 729 g/mol. The quantitative estimate of drug-likeness (QED) is 0.162. The van der Waals surface area contributed by atoms with Gasteiger partial charge in [-0.1, -0.05) is 233 Å². The predicted molar refractivity (Wildman–Crippen MR) is 279 cm³/mol. The van der Waals surface area contributed by atoms with E-state index in [1.165, 1.54) is 67.2 Å². The maximum Gasteiger partial charge on any atom is 0.135 e. The van der Waals surface area contributed by atoms with Gasteiger partial charge in [-0.05, 0) is 43.3 Å². The number of para-hydroxylation sites is 6. The maximum atomic E-state index is 5.65. The number of hydrogen-bond acceptors (Lipinski definition) is 1. The molecule has 3 aromatic heterocycles. The summed E-state index contributed by atoms with van der Waals surface area (Å²) in [6.45, 7) is 35.7. The number of fused-ring (bicyclic) bond motifs is 9. The number of benzene rings is 6. The average molecular weight is 813 g/mol. The molecule has 0 bridgehead atoms. The smallest absolute Gasteiger partial charge is 0.135 e. The summed E-state index contributed by atoms with van der Waals surface area (Å²) in [7, 11) is 2.12. The minimum atomic E-state index is 0.962. The lowest BCUT2D eigenvalue weighted by Gasteiger charge is -2.01. The van der Waals surface area contributed by atoms with Crippen LogP contribution in [0.5, 0.6) is 0 Å². The number of rotatable bonds is 1. The van der Waals surface area contributed by atoms with Crippen molar-refractivity contribution in [3.8, 4) is 0 Å². The molecular formula is C57H84N2O. The van der Waals surface area contributed by atoms with Gasteiger partial charge in [0, 0.05) is 68.0 Å². The van der Waals surface area contributed by atoms with Gasteiger partial charge in [0.1, 0.15) is 11.2 Å². The van der Waals surface area contributed by atoms with Crippen molar-refractivity contribution in [1.82, 2.24) is 9.13 Å². The second kappa shape index (κ2) is 35.6. The number of furan rings is 1. The van der Waals surface area contributed by atoms with Gasteiger partial charge in [0.15, 0.2) is 0 Å². The molecule has 0 N–H and O–H groups in total. The van der Waals surface area contributed by atoms with Gasteiger partial charge in [-0.2, -0.15) is 0 Å². The second-order valence-corrected chi connectivity index (χ2v) is 11.9. The molecule has 0 saturated heterocycles. The van der Waals surface area contributed by atoms with Crippen LogP contribution in [0.1, 0.15) is 131 Å². The first-order valence-corrected chi connectivity index (χ1v) is 23.3. The van der Waals surface area contributed by atoms with E-state index in [1.807, 2.05) is 119 Å². The monoisotopic (exact) mass is 813 g/mol. The first kappa shape index (κ1) is 56.8. The molecule has 3 heterocycles. The third-order valence-electron chi connectivity index (χ3n) is 8.10. The van der Waals surface area contributed by atoms with Gasteiger partial charge in [-0.15, -0.1) is 0 Å². The van der Waals surface area contributed by atoms with Crippen LogP contribution >= 0.6 is 0 Å². The molecule has 0 radical (unpaired) electrons. The Labute approximate surface area is 367 Å². The molecule has 0 unspecified atom stereocenters. The molecule has 3 nitrogen and oxygen atoms in total. The second-order valence-electron chi connectivity index (χ2n) is 11.9. The zero-order chi connectivity index (χ0) is 45.9. The van der Waals surface area contributed by atoms with Crippen LogP contribution in [0.4, 0.5) is 0 Å². The van der Waals surface area contributed by atoms with E-state index in [0.29, 0.717) is 0 Å². The highest BCUT2D eigenvalue weighted by Crippen LogP contribution is 2.29. The van der Waals surface area contributed by atoms with Crippen molar-refractivity contribution in [1.29, 1.82) is 0 Å². The molecule has 0 fully saturated rings. The summed E-state index contributed by atoms with van der Waals surface area (Å²) >= 11 is 0. The number of hydrogen-bond donors (Lipinski definition) is 0. The van der Waals surface area contributed by atoms with Crippen molar-refractivity contribution in [3.05, 3.63) is 146 Å². The van der Waals surface area contributed by atoms with Gasteiger partial charge in [0.2, 0.25) is 0 Å². The van der Waals surface area contributed by atoms with Gasteiger partial charge in [0.25, 0.3) is 0 Å². The van der Waals surface area contributed by atoms with E-state index in [1.54, 1.807) is 0 Å². The van der Waals surface area contributed by atoms with Crippen LogP contribution in [0, 0.1) is 0 Å². The molecule has 3 heteroatoms. The zero-order valence-electron chi connectivity index (χ0n) is 41.3. The molecule has 0 aliphatic heterocycles. The maximum absolute atomic E-state index is 5.65. The molecule has 0 saturated carbocycles. The lowest BCUT2D eigenvalue weighted by molar-refractivity contribution is 0.669. The van der Waals surface area contributed by atoms with Crippen LogP contribution in [0.15, 0.2) is 150 Å². The summed E-state index contributed by atoms with van der Waals surface area (Å²) in [4.78, 5) is 0. The van der Waals surface area contributed by atoms with Gasteiger partial charge >= 0.3 is 0 Å². The Balaban J connectivity index is 0. The molecule has 6 aromatic carbocycles. The SMILES string of the molecule is CC.CC.CC.CC.CC.CC.CCC.CCC.CCn1c2ccccc2c2ccccc21.Cn1c2ccccc2c2ccccc21.c1ccc2c(c1)oc1ccccc12. The van der Waals surface area contributed by atoms with E-state index in [0.717, 1.165) is 17.7 Å². The molecule has 0 amide bonds. The molecule has 328 valence electrons. The number of aryl methyl sites for hydroxylation is 2. The summed E-state index contributed by atoms with van der Waals surface area (Å²) < 4.78 is 10.3. The van der Waals surface area contributed by atoms with Crippen molar-refractivity contribution in [2.75, 3.05) is 0 Å². The van der Waals surface area contributed by atoms with Crippen LogP contribution in [-0.4, -0.2) is 9.13 Å². The normalized spacial score (nSPS) is 9.03. The summed E-state index contributed by atoms with van der Waals surface area (Å²) in [6.07, 6.45) is 2.50. The summed E-state index contributed by atoms with van der Waals surface area (Å²) in [6, 6.07) is 50.4. The molecule has 9 rings (SSSR count). The fourth-order valence-electron chi connectivity index (χ4n) is 6.14. The van der Waals surface area contributed by atoms with Crippen LogP contribution in [0.2, 0.25) is 0 Å². The third kappa shape index (κ3) is 15.7. The highest BCUT2D eigenvalue weighted by Gasteiger charge is 2.07. The Morgan fingerprint density at radius 2 is 0.533 bits per heavy atom. The van der Waals surface area contributed by atoms with Crippen LogP contribution in [0.25, 0.3) is 65.6 Å². The van der Waals surface area contributed by atoms with E-state index < -0.39 is 0 Å². The van der Waals surface area contributed by atoms with Crippen LogP contribution in [-0.2, 0) is 13.6 Å². The highest BCUT2D eigenvalue weighted by molar-refractivity contribution is 6.09. The molecule has 0 aliphatic rings. The van der Waals surface area contributed by atoms with E-state index in [9.17, 15) is 0 Å². The van der Waals surface area contributed by atoms with E-state index in [4.69, 9.17) is 4.42 Å². The Kier molecular flexibility index (Phi) is 33.8. The highest BCUT2D eigenvalue weighted by atomic mass is 16.3. The van der Waals surface area contributed by atoms with Gasteiger partial charge < -0.3 is 13.6 Å². The Bertz CT molecular complexity index is 2190. The Morgan fingerprint density at radius 1 is 0.317 bits per heavy atom. The zero-order valence-corrected chi connectivity index (χ0v) is 41.3.